The van der Waals surface area contributed by atoms with Crippen LogP contribution in [-0.4, -0.2) is 20.8 Å². The predicted molar refractivity (Wildman–Crippen MR) is 112 cm³/mol. The SMILES string of the molecule is C/C(Nc1ccc(Cl)cc1)=C(/C(=O)c1ccccc1)n1nnc2ccccc21. The van der Waals surface area contributed by atoms with Gasteiger partial charge in [0.2, 0.25) is 5.78 Å². The van der Waals surface area contributed by atoms with Crippen molar-refractivity contribution in [1.29, 1.82) is 0 Å². The lowest BCUT2D eigenvalue weighted by Gasteiger charge is -2.14. The fourth-order valence-electron chi connectivity index (χ4n) is 2.99. The number of benzene rings is 3. The minimum Gasteiger partial charge on any atom is -0.357 e. The number of anilines is 1. The summed E-state index contributed by atoms with van der Waals surface area (Å²) in [6.45, 7) is 1.85. The van der Waals surface area contributed by atoms with E-state index in [4.69, 9.17) is 11.6 Å². The molecule has 0 unspecified atom stereocenters. The molecule has 28 heavy (non-hydrogen) atoms. The molecule has 0 radical (unpaired) electrons. The number of halogens is 1. The van der Waals surface area contributed by atoms with Crippen molar-refractivity contribution in [3.63, 3.8) is 0 Å². The Labute approximate surface area is 167 Å². The lowest BCUT2D eigenvalue weighted by atomic mass is 10.1. The monoisotopic (exact) mass is 388 g/mol. The van der Waals surface area contributed by atoms with Crippen LogP contribution in [0.3, 0.4) is 0 Å². The van der Waals surface area contributed by atoms with Crippen LogP contribution in [0.1, 0.15) is 17.3 Å². The number of hydrogen-bond acceptors (Lipinski definition) is 4. The van der Waals surface area contributed by atoms with Crippen molar-refractivity contribution in [2.45, 2.75) is 6.92 Å². The molecule has 4 rings (SSSR count). The Morgan fingerprint density at radius 2 is 1.61 bits per heavy atom. The van der Waals surface area contributed by atoms with E-state index in [0.29, 0.717) is 22.0 Å². The van der Waals surface area contributed by atoms with E-state index in [1.807, 2.05) is 61.5 Å². The number of Topliss-reactive ketones (excluding diaryl/α,β-unsaturated/α-hetero) is 1. The Kier molecular flexibility index (Phi) is 4.91. The third-order valence-electron chi connectivity index (χ3n) is 4.35. The van der Waals surface area contributed by atoms with Crippen LogP contribution in [0.15, 0.2) is 84.6 Å². The van der Waals surface area contributed by atoms with Crippen molar-refractivity contribution in [3.8, 4) is 0 Å². The highest BCUT2D eigenvalue weighted by Gasteiger charge is 2.21. The van der Waals surface area contributed by atoms with Crippen LogP contribution in [0, 0.1) is 0 Å². The Hall–Kier alpha value is -3.44. The van der Waals surface area contributed by atoms with Gasteiger partial charge in [-0.15, -0.1) is 5.10 Å². The summed E-state index contributed by atoms with van der Waals surface area (Å²) in [5, 5.41) is 12.4. The zero-order chi connectivity index (χ0) is 19.5. The van der Waals surface area contributed by atoms with Crippen molar-refractivity contribution in [2.75, 3.05) is 5.32 Å². The molecule has 0 amide bonds. The van der Waals surface area contributed by atoms with Gasteiger partial charge in [-0.2, -0.15) is 0 Å². The average Bonchev–Trinajstić information content (AvgIpc) is 3.14. The molecule has 3 aromatic carbocycles. The number of ketones is 1. The highest BCUT2D eigenvalue weighted by molar-refractivity contribution is 6.30. The van der Waals surface area contributed by atoms with E-state index in [1.165, 1.54) is 0 Å². The molecule has 0 atom stereocenters. The summed E-state index contributed by atoms with van der Waals surface area (Å²) >= 11 is 5.97. The third kappa shape index (κ3) is 3.52. The van der Waals surface area contributed by atoms with Crippen molar-refractivity contribution in [1.82, 2.24) is 15.0 Å². The number of rotatable bonds is 5. The highest BCUT2D eigenvalue weighted by atomic mass is 35.5. The number of aromatic nitrogens is 3. The summed E-state index contributed by atoms with van der Waals surface area (Å²) in [4.78, 5) is 13.4. The third-order valence-corrected chi connectivity index (χ3v) is 4.60. The Bertz CT molecular complexity index is 1160. The standard InChI is InChI=1S/C22H17ClN4O/c1-15(24-18-13-11-17(23)12-14-18)21(22(28)16-7-3-2-4-8-16)27-20-10-6-5-9-19(20)25-26-27/h2-14,24H,1H3/b21-15+. The van der Waals surface area contributed by atoms with Crippen molar-refractivity contribution in [3.05, 3.63) is 95.1 Å². The summed E-state index contributed by atoms with van der Waals surface area (Å²) in [5.41, 5.74) is 3.96. The van der Waals surface area contributed by atoms with Gasteiger partial charge in [-0.25, -0.2) is 4.68 Å². The van der Waals surface area contributed by atoms with Gasteiger partial charge >= 0.3 is 0 Å². The maximum atomic E-state index is 13.4. The summed E-state index contributed by atoms with van der Waals surface area (Å²) in [6.07, 6.45) is 0. The molecule has 4 aromatic rings. The molecule has 1 heterocycles. The van der Waals surface area contributed by atoms with Crippen LogP contribution in [0.2, 0.25) is 5.02 Å². The van der Waals surface area contributed by atoms with Gasteiger partial charge in [-0.05, 0) is 43.3 Å². The van der Waals surface area contributed by atoms with E-state index in [2.05, 4.69) is 15.6 Å². The quantitative estimate of drug-likeness (QED) is 0.374. The van der Waals surface area contributed by atoms with Gasteiger partial charge in [0, 0.05) is 22.0 Å². The second-order valence-electron chi connectivity index (χ2n) is 6.29. The molecule has 0 bridgehead atoms. The van der Waals surface area contributed by atoms with Gasteiger partial charge in [0.25, 0.3) is 0 Å². The molecule has 0 aliphatic heterocycles. The molecule has 0 saturated heterocycles. The highest BCUT2D eigenvalue weighted by Crippen LogP contribution is 2.23. The Morgan fingerprint density at radius 1 is 0.929 bits per heavy atom. The van der Waals surface area contributed by atoms with E-state index in [-0.39, 0.29) is 5.78 Å². The zero-order valence-electron chi connectivity index (χ0n) is 15.1. The minimum atomic E-state index is -0.143. The van der Waals surface area contributed by atoms with E-state index >= 15 is 0 Å². The first-order valence-electron chi connectivity index (χ1n) is 8.77. The summed E-state index contributed by atoms with van der Waals surface area (Å²) < 4.78 is 1.59. The minimum absolute atomic E-state index is 0.143. The van der Waals surface area contributed by atoms with Crippen LogP contribution < -0.4 is 5.32 Å². The van der Waals surface area contributed by atoms with Crippen LogP contribution in [0.25, 0.3) is 16.7 Å². The molecule has 6 heteroatoms. The number of carbonyl (C=O) groups excluding carboxylic acids is 1. The van der Waals surface area contributed by atoms with Crippen molar-refractivity contribution < 1.29 is 4.79 Å². The largest absolute Gasteiger partial charge is 0.357 e. The first-order chi connectivity index (χ1) is 13.6. The smallest absolute Gasteiger partial charge is 0.213 e. The molecule has 0 fully saturated rings. The fraction of sp³-hybridized carbons (Fsp3) is 0.0455. The van der Waals surface area contributed by atoms with Crippen LogP contribution in [-0.2, 0) is 0 Å². The van der Waals surface area contributed by atoms with Crippen molar-refractivity contribution >= 4 is 39.8 Å². The number of hydrogen-bond donors (Lipinski definition) is 1. The Morgan fingerprint density at radius 3 is 2.36 bits per heavy atom. The van der Waals surface area contributed by atoms with Crippen LogP contribution in [0.4, 0.5) is 5.69 Å². The number of nitrogens with one attached hydrogen (secondary N) is 1. The number of nitrogens with zero attached hydrogens (tertiary/aromatic N) is 3. The van der Waals surface area contributed by atoms with Gasteiger partial charge in [0.15, 0.2) is 0 Å². The maximum Gasteiger partial charge on any atom is 0.213 e. The molecule has 5 nitrogen and oxygen atoms in total. The fourth-order valence-corrected chi connectivity index (χ4v) is 3.12. The summed E-state index contributed by atoms with van der Waals surface area (Å²) in [5.74, 6) is -0.143. The van der Waals surface area contributed by atoms with Gasteiger partial charge in [-0.3, -0.25) is 4.79 Å². The molecular weight excluding hydrogens is 372 g/mol. The molecule has 0 aliphatic carbocycles. The average molecular weight is 389 g/mol. The first-order valence-corrected chi connectivity index (χ1v) is 9.15. The van der Waals surface area contributed by atoms with Gasteiger partial charge < -0.3 is 5.32 Å². The topological polar surface area (TPSA) is 59.8 Å². The second kappa shape index (κ2) is 7.66. The molecule has 1 aromatic heterocycles. The number of para-hydroxylation sites is 1. The van der Waals surface area contributed by atoms with Crippen LogP contribution >= 0.6 is 11.6 Å². The maximum absolute atomic E-state index is 13.4. The molecular formula is C22H17ClN4O. The summed E-state index contributed by atoms with van der Waals surface area (Å²) in [6, 6.07) is 24.0. The first kappa shape index (κ1) is 17.9. The van der Waals surface area contributed by atoms with E-state index in [0.717, 1.165) is 16.7 Å². The van der Waals surface area contributed by atoms with Gasteiger partial charge in [0.05, 0.1) is 5.52 Å². The van der Waals surface area contributed by atoms with Gasteiger partial charge in [0.1, 0.15) is 11.2 Å². The number of fused-ring (bicyclic) bond motifs is 1. The lowest BCUT2D eigenvalue weighted by Crippen LogP contribution is -2.16. The van der Waals surface area contributed by atoms with E-state index in [9.17, 15) is 4.79 Å². The Balaban J connectivity index is 1.85. The molecule has 0 aliphatic rings. The van der Waals surface area contributed by atoms with Gasteiger partial charge in [-0.1, -0.05) is 59.3 Å². The molecule has 0 spiro atoms. The number of carbonyl (C=O) groups is 1. The molecule has 138 valence electrons. The normalized spacial score (nSPS) is 11.9. The van der Waals surface area contributed by atoms with E-state index in [1.54, 1.807) is 28.9 Å². The van der Waals surface area contributed by atoms with E-state index < -0.39 is 0 Å². The zero-order valence-corrected chi connectivity index (χ0v) is 15.9. The lowest BCUT2D eigenvalue weighted by molar-refractivity contribution is 0.104. The van der Waals surface area contributed by atoms with Crippen LogP contribution in [0.5, 0.6) is 0 Å². The number of allylic oxidation sites excluding steroid dienone is 2. The molecule has 0 saturated carbocycles. The summed E-state index contributed by atoms with van der Waals surface area (Å²) in [7, 11) is 0. The molecule has 1 N–H and O–H groups in total. The van der Waals surface area contributed by atoms with Crippen molar-refractivity contribution in [2.24, 2.45) is 0 Å². The predicted octanol–water partition coefficient (Wildman–Crippen LogP) is 5.27. The second-order valence-corrected chi connectivity index (χ2v) is 6.73.